The van der Waals surface area contributed by atoms with Gasteiger partial charge in [-0.05, 0) is 36.8 Å². The van der Waals surface area contributed by atoms with Crippen molar-refractivity contribution in [3.8, 4) is 11.5 Å². The van der Waals surface area contributed by atoms with Gasteiger partial charge in [0.05, 0.1) is 12.1 Å². The highest BCUT2D eigenvalue weighted by atomic mass is 19.4. The summed E-state index contributed by atoms with van der Waals surface area (Å²) >= 11 is 0. The van der Waals surface area contributed by atoms with Crippen LogP contribution in [0.25, 0.3) is 11.5 Å². The second-order valence-corrected chi connectivity index (χ2v) is 5.25. The van der Waals surface area contributed by atoms with E-state index in [1.165, 1.54) is 13.0 Å². The minimum absolute atomic E-state index is 0.139. The molecule has 1 N–H and O–H groups in total. The molecule has 0 aliphatic rings. The van der Waals surface area contributed by atoms with Crippen molar-refractivity contribution in [1.29, 1.82) is 0 Å². The van der Waals surface area contributed by atoms with Crippen molar-refractivity contribution in [3.05, 3.63) is 65.5 Å². The van der Waals surface area contributed by atoms with Gasteiger partial charge < -0.3 is 9.73 Å². The zero-order chi connectivity index (χ0) is 17.2. The Balaban J connectivity index is 1.72. The largest absolute Gasteiger partial charge is 0.419 e. The molecule has 0 aliphatic carbocycles. The highest BCUT2D eigenvalue weighted by Crippen LogP contribution is 2.33. The average molecular weight is 333 g/mol. The summed E-state index contributed by atoms with van der Waals surface area (Å²) in [5.74, 6) is 0.662. The first-order valence-corrected chi connectivity index (χ1v) is 7.23. The summed E-state index contributed by atoms with van der Waals surface area (Å²) in [6.45, 7) is 1.57. The monoisotopic (exact) mass is 333 g/mol. The van der Waals surface area contributed by atoms with E-state index in [0.29, 0.717) is 17.5 Å². The molecule has 3 aromatic rings. The van der Waals surface area contributed by atoms with Gasteiger partial charge >= 0.3 is 6.18 Å². The Hall–Kier alpha value is -2.83. The van der Waals surface area contributed by atoms with Gasteiger partial charge in [0.15, 0.2) is 0 Å². The lowest BCUT2D eigenvalue weighted by Crippen LogP contribution is -2.09. The zero-order valence-corrected chi connectivity index (χ0v) is 12.8. The second-order valence-electron chi connectivity index (χ2n) is 5.25. The molecular formula is C17H14F3N3O. The van der Waals surface area contributed by atoms with Gasteiger partial charge in [-0.1, -0.05) is 24.3 Å². The lowest BCUT2D eigenvalue weighted by molar-refractivity contribution is -0.138. The number of nitrogens with one attached hydrogen (secondary N) is 1. The van der Waals surface area contributed by atoms with Crippen molar-refractivity contribution in [1.82, 2.24) is 10.2 Å². The summed E-state index contributed by atoms with van der Waals surface area (Å²) in [4.78, 5) is 0. The number of alkyl halides is 3. The van der Waals surface area contributed by atoms with Crippen molar-refractivity contribution >= 4 is 5.69 Å². The minimum atomic E-state index is -4.38. The average Bonchev–Trinajstić information content (AvgIpc) is 3.03. The summed E-state index contributed by atoms with van der Waals surface area (Å²) in [5.41, 5.74) is 0.638. The summed E-state index contributed by atoms with van der Waals surface area (Å²) < 4.78 is 44.2. The van der Waals surface area contributed by atoms with Gasteiger partial charge in [0.2, 0.25) is 11.8 Å². The van der Waals surface area contributed by atoms with E-state index >= 15 is 0 Å². The van der Waals surface area contributed by atoms with Crippen LogP contribution < -0.4 is 5.32 Å². The van der Waals surface area contributed by atoms with Gasteiger partial charge in [-0.15, -0.1) is 10.2 Å². The smallest absolute Gasteiger partial charge is 0.416 e. The molecule has 0 unspecified atom stereocenters. The first-order valence-electron chi connectivity index (χ1n) is 7.23. The number of aromatic nitrogens is 2. The van der Waals surface area contributed by atoms with E-state index in [9.17, 15) is 13.2 Å². The Labute approximate surface area is 136 Å². The highest BCUT2D eigenvalue weighted by molar-refractivity contribution is 5.52. The topological polar surface area (TPSA) is 51.0 Å². The van der Waals surface area contributed by atoms with Gasteiger partial charge in [0.25, 0.3) is 0 Å². The minimum Gasteiger partial charge on any atom is -0.419 e. The van der Waals surface area contributed by atoms with E-state index < -0.39 is 11.7 Å². The molecule has 0 saturated carbocycles. The Kier molecular flexibility index (Phi) is 4.24. The summed E-state index contributed by atoms with van der Waals surface area (Å²) in [6.07, 6.45) is -4.38. The van der Waals surface area contributed by atoms with Gasteiger partial charge in [0, 0.05) is 11.3 Å². The summed E-state index contributed by atoms with van der Waals surface area (Å²) in [5, 5.41) is 10.7. The van der Waals surface area contributed by atoms with Gasteiger partial charge in [-0.3, -0.25) is 0 Å². The number of nitrogens with zero attached hydrogens (tertiary/aromatic N) is 2. The maximum absolute atomic E-state index is 12.9. The van der Waals surface area contributed by atoms with Gasteiger partial charge in [-0.2, -0.15) is 13.2 Å². The fraction of sp³-hybridized carbons (Fsp3) is 0.176. The number of aryl methyl sites for hydroxylation is 1. The Bertz CT molecular complexity index is 829. The number of anilines is 1. The van der Waals surface area contributed by atoms with Gasteiger partial charge in [0.1, 0.15) is 0 Å². The number of benzene rings is 2. The van der Waals surface area contributed by atoms with Crippen molar-refractivity contribution in [2.24, 2.45) is 0 Å². The number of hydrogen-bond acceptors (Lipinski definition) is 4. The Morgan fingerprint density at radius 1 is 1.04 bits per heavy atom. The van der Waals surface area contributed by atoms with Crippen LogP contribution in [-0.4, -0.2) is 10.2 Å². The molecule has 1 aromatic heterocycles. The number of rotatable bonds is 4. The van der Waals surface area contributed by atoms with Crippen LogP contribution in [0.4, 0.5) is 18.9 Å². The Morgan fingerprint density at radius 2 is 1.79 bits per heavy atom. The molecule has 124 valence electrons. The van der Waals surface area contributed by atoms with Gasteiger partial charge in [-0.25, -0.2) is 0 Å². The fourth-order valence-corrected chi connectivity index (χ4v) is 2.24. The number of halogens is 3. The van der Waals surface area contributed by atoms with Crippen molar-refractivity contribution in [2.45, 2.75) is 19.6 Å². The van der Waals surface area contributed by atoms with Crippen molar-refractivity contribution < 1.29 is 17.6 Å². The highest BCUT2D eigenvalue weighted by Gasteiger charge is 2.32. The van der Waals surface area contributed by atoms with E-state index in [1.807, 2.05) is 30.3 Å². The van der Waals surface area contributed by atoms with Crippen LogP contribution in [0.2, 0.25) is 0 Å². The van der Waals surface area contributed by atoms with E-state index in [1.54, 1.807) is 6.07 Å². The van der Waals surface area contributed by atoms with Crippen LogP contribution >= 0.6 is 0 Å². The first-order chi connectivity index (χ1) is 11.4. The SMILES string of the molecule is Cc1ccc(NCc2nnc(-c3ccccc3)o2)cc1C(F)(F)F. The molecule has 0 bridgehead atoms. The molecule has 1 heterocycles. The quantitative estimate of drug-likeness (QED) is 0.753. The lowest BCUT2D eigenvalue weighted by atomic mass is 10.1. The summed E-state index contributed by atoms with van der Waals surface area (Å²) in [6, 6.07) is 13.3. The third-order valence-electron chi connectivity index (χ3n) is 3.47. The maximum atomic E-state index is 12.9. The molecule has 0 spiro atoms. The molecular weight excluding hydrogens is 319 g/mol. The molecule has 0 amide bonds. The molecule has 0 aliphatic heterocycles. The van der Waals surface area contributed by atoms with Crippen LogP contribution in [-0.2, 0) is 12.7 Å². The van der Waals surface area contributed by atoms with E-state index in [4.69, 9.17) is 4.42 Å². The van der Waals surface area contributed by atoms with Crippen LogP contribution in [0.1, 0.15) is 17.0 Å². The zero-order valence-electron chi connectivity index (χ0n) is 12.8. The molecule has 3 rings (SSSR count). The standard InChI is InChI=1S/C17H14F3N3O/c1-11-7-8-13(9-14(11)17(18,19)20)21-10-15-22-23-16(24-15)12-5-3-2-4-6-12/h2-9,21H,10H2,1H3. The number of hydrogen-bond donors (Lipinski definition) is 1. The van der Waals surface area contributed by atoms with Crippen LogP contribution in [0.5, 0.6) is 0 Å². The maximum Gasteiger partial charge on any atom is 0.416 e. The fourth-order valence-electron chi connectivity index (χ4n) is 2.24. The normalized spacial score (nSPS) is 11.5. The first kappa shape index (κ1) is 16.0. The molecule has 0 saturated heterocycles. The molecule has 2 aromatic carbocycles. The molecule has 24 heavy (non-hydrogen) atoms. The van der Waals surface area contributed by atoms with Crippen LogP contribution in [0, 0.1) is 6.92 Å². The van der Waals surface area contributed by atoms with E-state index in [-0.39, 0.29) is 12.1 Å². The third-order valence-corrected chi connectivity index (χ3v) is 3.47. The molecule has 0 radical (unpaired) electrons. The second kappa shape index (κ2) is 6.35. The molecule has 4 nitrogen and oxygen atoms in total. The molecule has 0 fully saturated rings. The van der Waals surface area contributed by atoms with Crippen LogP contribution in [0.15, 0.2) is 52.9 Å². The Morgan fingerprint density at radius 3 is 2.50 bits per heavy atom. The predicted molar refractivity (Wildman–Crippen MR) is 83.2 cm³/mol. The third kappa shape index (κ3) is 3.56. The van der Waals surface area contributed by atoms with Crippen LogP contribution in [0.3, 0.4) is 0 Å². The predicted octanol–water partition coefficient (Wildman–Crippen LogP) is 4.68. The van der Waals surface area contributed by atoms with E-state index in [0.717, 1.165) is 11.6 Å². The summed E-state index contributed by atoms with van der Waals surface area (Å²) in [7, 11) is 0. The molecule has 0 atom stereocenters. The lowest BCUT2D eigenvalue weighted by Gasteiger charge is -2.12. The van der Waals surface area contributed by atoms with E-state index in [2.05, 4.69) is 15.5 Å². The molecule has 7 heteroatoms. The van der Waals surface area contributed by atoms with Crippen molar-refractivity contribution in [2.75, 3.05) is 5.32 Å². The van der Waals surface area contributed by atoms with Crippen molar-refractivity contribution in [3.63, 3.8) is 0 Å².